The Bertz CT molecular complexity index is 1130. The van der Waals surface area contributed by atoms with Crippen LogP contribution in [0.5, 0.6) is 5.75 Å². The maximum atomic E-state index is 12.2. The van der Waals surface area contributed by atoms with Gasteiger partial charge in [-0.2, -0.15) is 0 Å². The van der Waals surface area contributed by atoms with E-state index in [-0.39, 0.29) is 23.9 Å². The molecule has 2 aromatic carbocycles. The van der Waals surface area contributed by atoms with Crippen LogP contribution in [0.15, 0.2) is 54.6 Å². The number of amides is 3. The largest absolute Gasteiger partial charge is 0.481 e. The van der Waals surface area contributed by atoms with Gasteiger partial charge in [0, 0.05) is 37.2 Å². The summed E-state index contributed by atoms with van der Waals surface area (Å²) in [6.45, 7) is 3.47. The van der Waals surface area contributed by atoms with E-state index < -0.39 is 6.10 Å². The quantitative estimate of drug-likeness (QED) is 0.403. The summed E-state index contributed by atoms with van der Waals surface area (Å²) in [6, 6.07) is 18.2. The van der Waals surface area contributed by atoms with Crippen LogP contribution in [0, 0.1) is 5.92 Å². The minimum atomic E-state index is -0.616. The van der Waals surface area contributed by atoms with Crippen LogP contribution in [0.1, 0.15) is 56.9 Å². The average Bonchev–Trinajstić information content (AvgIpc) is 2.98. The predicted octanol–water partition coefficient (Wildman–Crippen LogP) is 4.23. The molecule has 3 fully saturated rings. The van der Waals surface area contributed by atoms with E-state index in [0.717, 1.165) is 56.6 Å². The molecule has 3 aliphatic rings. The van der Waals surface area contributed by atoms with E-state index >= 15 is 0 Å². The van der Waals surface area contributed by atoms with Gasteiger partial charge in [-0.25, -0.2) is 4.79 Å². The van der Waals surface area contributed by atoms with E-state index in [4.69, 9.17) is 9.47 Å². The lowest BCUT2D eigenvalue weighted by molar-refractivity contribution is -0.138. The summed E-state index contributed by atoms with van der Waals surface area (Å²) < 4.78 is 11.2. The van der Waals surface area contributed by atoms with Crippen molar-refractivity contribution in [3.8, 4) is 5.75 Å². The first-order valence-corrected chi connectivity index (χ1v) is 14.6. The molecule has 214 valence electrons. The molecule has 1 atom stereocenters. The lowest BCUT2D eigenvalue weighted by Crippen LogP contribution is -2.47. The molecule has 40 heavy (non-hydrogen) atoms. The van der Waals surface area contributed by atoms with Gasteiger partial charge >= 0.3 is 6.09 Å². The third-order valence-electron chi connectivity index (χ3n) is 8.31. The predicted molar refractivity (Wildman–Crippen MR) is 152 cm³/mol. The minimum Gasteiger partial charge on any atom is -0.481 e. The fourth-order valence-electron chi connectivity index (χ4n) is 5.90. The van der Waals surface area contributed by atoms with Gasteiger partial charge in [-0.05, 0) is 87.4 Å². The summed E-state index contributed by atoms with van der Waals surface area (Å²) in [6.07, 6.45) is 6.34. The van der Waals surface area contributed by atoms with Crippen LogP contribution in [0.4, 0.5) is 10.5 Å². The number of carbonyl (C=O) groups is 3. The Morgan fingerprint density at radius 2 is 1.62 bits per heavy atom. The minimum absolute atomic E-state index is 0.196. The van der Waals surface area contributed by atoms with Gasteiger partial charge in [-0.15, -0.1) is 0 Å². The molecule has 2 aliphatic heterocycles. The van der Waals surface area contributed by atoms with E-state index in [0.29, 0.717) is 37.2 Å². The molecule has 2 saturated heterocycles. The smallest absolute Gasteiger partial charge is 0.407 e. The molecule has 9 heteroatoms. The highest BCUT2D eigenvalue weighted by Gasteiger charge is 2.30. The van der Waals surface area contributed by atoms with Crippen LogP contribution < -0.4 is 20.7 Å². The average molecular weight is 549 g/mol. The Balaban J connectivity index is 0.957. The monoisotopic (exact) mass is 548 g/mol. The van der Waals surface area contributed by atoms with Crippen molar-refractivity contribution in [1.82, 2.24) is 15.5 Å². The Kier molecular flexibility index (Phi) is 9.54. The van der Waals surface area contributed by atoms with Gasteiger partial charge in [0.15, 0.2) is 6.10 Å². The lowest BCUT2D eigenvalue weighted by atomic mass is 9.87. The highest BCUT2D eigenvalue weighted by Crippen LogP contribution is 2.28. The lowest BCUT2D eigenvalue weighted by Gasteiger charge is -2.41. The standard InChI is InChI=1S/C31H40N4O5/c36-29-15-14-28(30(37)34-29)40-27-12-8-24(9-13-27)32-20-22-16-18-35(19-17-22)26-10-6-25(7-11-26)33-31(38)39-21-23-4-2-1-3-5-23/h1-5,8-9,12-13,22,25-26,28,32H,6-7,10-11,14-21H2,(H,33,38)(H,34,36,37). The maximum absolute atomic E-state index is 12.2. The molecule has 1 unspecified atom stereocenters. The Morgan fingerprint density at radius 1 is 0.900 bits per heavy atom. The zero-order valence-electron chi connectivity index (χ0n) is 23.0. The Labute approximate surface area is 236 Å². The van der Waals surface area contributed by atoms with E-state index in [1.807, 2.05) is 54.6 Å². The van der Waals surface area contributed by atoms with E-state index in [1.54, 1.807) is 0 Å². The number of anilines is 1. The molecular weight excluding hydrogens is 508 g/mol. The molecule has 9 nitrogen and oxygen atoms in total. The number of likely N-dealkylation sites (tertiary alicyclic amines) is 1. The molecule has 5 rings (SSSR count). The molecule has 2 aromatic rings. The summed E-state index contributed by atoms with van der Waals surface area (Å²) in [5.74, 6) is 0.651. The molecule has 0 bridgehead atoms. The van der Waals surface area contributed by atoms with Crippen molar-refractivity contribution < 1.29 is 23.9 Å². The SMILES string of the molecule is O=C1CCC(Oc2ccc(NCC3CCN(C4CCC(NC(=O)OCc5ccccc5)CC4)CC3)cc2)C(=O)N1. The highest BCUT2D eigenvalue weighted by atomic mass is 16.5. The number of piperidine rings is 2. The number of alkyl carbamates (subject to hydrolysis) is 1. The van der Waals surface area contributed by atoms with Crippen molar-refractivity contribution in [1.29, 1.82) is 0 Å². The highest BCUT2D eigenvalue weighted by molar-refractivity contribution is 5.99. The molecule has 2 heterocycles. The molecule has 1 aliphatic carbocycles. The number of rotatable bonds is 9. The number of ether oxygens (including phenoxy) is 2. The van der Waals surface area contributed by atoms with Crippen molar-refractivity contribution in [2.24, 2.45) is 5.92 Å². The number of nitrogens with zero attached hydrogens (tertiary/aromatic N) is 1. The topological polar surface area (TPSA) is 109 Å². The molecule has 1 saturated carbocycles. The third-order valence-corrected chi connectivity index (χ3v) is 8.31. The van der Waals surface area contributed by atoms with Gasteiger partial charge in [-0.1, -0.05) is 30.3 Å². The van der Waals surface area contributed by atoms with Crippen LogP contribution in [0.2, 0.25) is 0 Å². The van der Waals surface area contributed by atoms with E-state index in [1.165, 1.54) is 12.8 Å². The Morgan fingerprint density at radius 3 is 2.33 bits per heavy atom. The molecule has 0 spiro atoms. The van der Waals surface area contributed by atoms with Gasteiger partial charge in [0.2, 0.25) is 5.91 Å². The second-order valence-electron chi connectivity index (χ2n) is 11.2. The van der Waals surface area contributed by atoms with Gasteiger partial charge < -0.3 is 25.0 Å². The first-order valence-electron chi connectivity index (χ1n) is 14.6. The van der Waals surface area contributed by atoms with Crippen molar-refractivity contribution in [2.45, 2.75) is 76.2 Å². The first-order chi connectivity index (χ1) is 19.5. The van der Waals surface area contributed by atoms with Gasteiger partial charge in [0.1, 0.15) is 12.4 Å². The summed E-state index contributed by atoms with van der Waals surface area (Å²) in [7, 11) is 0. The van der Waals surface area contributed by atoms with Gasteiger partial charge in [-0.3, -0.25) is 14.9 Å². The van der Waals surface area contributed by atoms with Crippen LogP contribution >= 0.6 is 0 Å². The summed E-state index contributed by atoms with van der Waals surface area (Å²) >= 11 is 0. The number of hydrogen-bond donors (Lipinski definition) is 3. The van der Waals surface area contributed by atoms with E-state index in [9.17, 15) is 14.4 Å². The molecule has 0 radical (unpaired) electrons. The number of nitrogens with one attached hydrogen (secondary N) is 3. The third kappa shape index (κ3) is 7.97. The summed E-state index contributed by atoms with van der Waals surface area (Å²) in [5, 5.41) is 8.92. The zero-order chi connectivity index (χ0) is 27.7. The van der Waals surface area contributed by atoms with Gasteiger partial charge in [0.05, 0.1) is 0 Å². The fraction of sp³-hybridized carbons (Fsp3) is 0.516. The number of hydrogen-bond acceptors (Lipinski definition) is 7. The van der Waals surface area contributed by atoms with Crippen molar-refractivity contribution >= 4 is 23.6 Å². The molecular formula is C31H40N4O5. The normalized spacial score (nSPS) is 24.1. The van der Waals surface area contributed by atoms with Crippen LogP contribution in [0.3, 0.4) is 0 Å². The number of imide groups is 1. The maximum Gasteiger partial charge on any atom is 0.407 e. The van der Waals surface area contributed by atoms with Crippen molar-refractivity contribution in [3.63, 3.8) is 0 Å². The van der Waals surface area contributed by atoms with Crippen molar-refractivity contribution in [2.75, 3.05) is 25.0 Å². The van der Waals surface area contributed by atoms with E-state index in [2.05, 4.69) is 20.9 Å². The first kappa shape index (κ1) is 28.0. The number of carbonyl (C=O) groups excluding carboxylic acids is 3. The second kappa shape index (κ2) is 13.7. The second-order valence-corrected chi connectivity index (χ2v) is 11.2. The van der Waals surface area contributed by atoms with Crippen LogP contribution in [-0.2, 0) is 20.9 Å². The van der Waals surface area contributed by atoms with Gasteiger partial charge in [0.25, 0.3) is 5.91 Å². The zero-order valence-corrected chi connectivity index (χ0v) is 23.0. The van der Waals surface area contributed by atoms with Crippen LogP contribution in [-0.4, -0.2) is 60.6 Å². The molecule has 0 aromatic heterocycles. The van der Waals surface area contributed by atoms with Crippen molar-refractivity contribution in [3.05, 3.63) is 60.2 Å². The summed E-state index contributed by atoms with van der Waals surface area (Å²) in [5.41, 5.74) is 2.03. The fourth-order valence-corrected chi connectivity index (χ4v) is 5.90. The van der Waals surface area contributed by atoms with Crippen LogP contribution in [0.25, 0.3) is 0 Å². The molecule has 3 amide bonds. The Hall–Kier alpha value is -3.59. The molecule has 3 N–H and O–H groups in total. The summed E-state index contributed by atoms with van der Waals surface area (Å²) in [4.78, 5) is 38.0. The number of benzene rings is 2.